The second-order valence-corrected chi connectivity index (χ2v) is 3.39. The van der Waals surface area contributed by atoms with E-state index in [-0.39, 0.29) is 0 Å². The van der Waals surface area contributed by atoms with Gasteiger partial charge in [-0.05, 0) is 11.6 Å². The fourth-order valence-electron chi connectivity index (χ4n) is 1.53. The van der Waals surface area contributed by atoms with Crippen molar-refractivity contribution in [1.82, 2.24) is 9.97 Å². The van der Waals surface area contributed by atoms with Crippen LogP contribution >= 0.6 is 0 Å². The van der Waals surface area contributed by atoms with Gasteiger partial charge in [0.15, 0.2) is 0 Å². The van der Waals surface area contributed by atoms with Crippen molar-refractivity contribution in [1.29, 1.82) is 0 Å². The quantitative estimate of drug-likeness (QED) is 0.832. The summed E-state index contributed by atoms with van der Waals surface area (Å²) in [5.74, 6) is -0.417. The van der Waals surface area contributed by atoms with Crippen molar-refractivity contribution in [3.63, 3.8) is 0 Å². The molecule has 1 aromatic carbocycles. The van der Waals surface area contributed by atoms with Crippen molar-refractivity contribution in [2.75, 3.05) is 0 Å². The minimum Gasteiger partial charge on any atom is -0.366 e. The maximum absolute atomic E-state index is 11.2. The fourth-order valence-corrected chi connectivity index (χ4v) is 1.53. The lowest BCUT2D eigenvalue weighted by Crippen LogP contribution is -2.13. The van der Waals surface area contributed by atoms with Crippen LogP contribution in [0.2, 0.25) is 0 Å². The second kappa shape index (κ2) is 4.53. The van der Waals surface area contributed by atoms with Gasteiger partial charge in [-0.3, -0.25) is 14.8 Å². The molecule has 0 aliphatic rings. The van der Waals surface area contributed by atoms with Crippen LogP contribution in [0.25, 0.3) is 0 Å². The van der Waals surface area contributed by atoms with E-state index in [4.69, 9.17) is 5.73 Å². The Kier molecular flexibility index (Phi) is 2.91. The first-order valence-electron chi connectivity index (χ1n) is 4.90. The van der Waals surface area contributed by atoms with Gasteiger partial charge in [0.2, 0.25) is 5.91 Å². The van der Waals surface area contributed by atoms with Crippen LogP contribution in [0.15, 0.2) is 42.9 Å². The SMILES string of the molecule is NC(=O)c1ccccc1Cc1cnccn1. The second-order valence-electron chi connectivity index (χ2n) is 3.39. The fraction of sp³-hybridized carbons (Fsp3) is 0.0833. The maximum Gasteiger partial charge on any atom is 0.248 e. The molecule has 0 aliphatic heterocycles. The maximum atomic E-state index is 11.2. The number of amides is 1. The molecule has 2 N–H and O–H groups in total. The number of aromatic nitrogens is 2. The smallest absolute Gasteiger partial charge is 0.248 e. The first-order chi connectivity index (χ1) is 7.77. The summed E-state index contributed by atoms with van der Waals surface area (Å²) in [6.07, 6.45) is 5.48. The normalized spacial score (nSPS) is 10.0. The molecule has 0 aliphatic carbocycles. The Balaban J connectivity index is 2.31. The average molecular weight is 213 g/mol. The predicted molar refractivity (Wildman–Crippen MR) is 59.8 cm³/mol. The van der Waals surface area contributed by atoms with Gasteiger partial charge in [-0.2, -0.15) is 0 Å². The van der Waals surface area contributed by atoms with Crippen molar-refractivity contribution >= 4 is 5.91 Å². The van der Waals surface area contributed by atoms with Crippen LogP contribution in [0, 0.1) is 0 Å². The minimum absolute atomic E-state index is 0.417. The summed E-state index contributed by atoms with van der Waals surface area (Å²) in [4.78, 5) is 19.3. The minimum atomic E-state index is -0.417. The van der Waals surface area contributed by atoms with Gasteiger partial charge in [0.25, 0.3) is 0 Å². The standard InChI is InChI=1S/C12H11N3O/c13-12(16)11-4-2-1-3-9(11)7-10-8-14-5-6-15-10/h1-6,8H,7H2,(H2,13,16). The Morgan fingerprint density at radius 3 is 2.75 bits per heavy atom. The lowest BCUT2D eigenvalue weighted by molar-refractivity contribution is 0.0999. The van der Waals surface area contributed by atoms with Gasteiger partial charge in [-0.15, -0.1) is 0 Å². The van der Waals surface area contributed by atoms with Crippen LogP contribution < -0.4 is 5.73 Å². The zero-order valence-corrected chi connectivity index (χ0v) is 8.63. The Morgan fingerprint density at radius 1 is 1.25 bits per heavy atom. The third-order valence-electron chi connectivity index (χ3n) is 2.27. The van der Waals surface area contributed by atoms with E-state index in [2.05, 4.69) is 9.97 Å². The number of carbonyl (C=O) groups excluding carboxylic acids is 1. The van der Waals surface area contributed by atoms with Gasteiger partial charge in [0.1, 0.15) is 0 Å². The van der Waals surface area contributed by atoms with Gasteiger partial charge in [-0.25, -0.2) is 0 Å². The van der Waals surface area contributed by atoms with E-state index in [1.165, 1.54) is 0 Å². The summed E-state index contributed by atoms with van der Waals surface area (Å²) >= 11 is 0. The summed E-state index contributed by atoms with van der Waals surface area (Å²) < 4.78 is 0. The molecular formula is C12H11N3O. The van der Waals surface area contributed by atoms with Crippen molar-refractivity contribution in [3.05, 3.63) is 59.7 Å². The summed E-state index contributed by atoms with van der Waals surface area (Å²) in [6.45, 7) is 0. The zero-order valence-electron chi connectivity index (χ0n) is 8.63. The molecule has 16 heavy (non-hydrogen) atoms. The molecule has 4 heteroatoms. The average Bonchev–Trinajstić information content (AvgIpc) is 2.31. The summed E-state index contributed by atoms with van der Waals surface area (Å²) in [7, 11) is 0. The highest BCUT2D eigenvalue weighted by molar-refractivity contribution is 5.94. The van der Waals surface area contributed by atoms with Gasteiger partial charge >= 0.3 is 0 Å². The summed E-state index contributed by atoms with van der Waals surface area (Å²) in [5.41, 5.74) is 7.52. The van der Waals surface area contributed by atoms with Crippen molar-refractivity contribution < 1.29 is 4.79 Å². The molecule has 4 nitrogen and oxygen atoms in total. The van der Waals surface area contributed by atoms with Crippen molar-refractivity contribution in [2.45, 2.75) is 6.42 Å². The van der Waals surface area contributed by atoms with E-state index in [9.17, 15) is 4.79 Å². The van der Waals surface area contributed by atoms with Crippen molar-refractivity contribution in [2.24, 2.45) is 5.73 Å². The molecule has 1 heterocycles. The first-order valence-corrected chi connectivity index (χ1v) is 4.90. The highest BCUT2D eigenvalue weighted by Crippen LogP contribution is 2.11. The number of carbonyl (C=O) groups is 1. The Morgan fingerprint density at radius 2 is 2.06 bits per heavy atom. The number of hydrogen-bond donors (Lipinski definition) is 1. The number of rotatable bonds is 3. The van der Waals surface area contributed by atoms with E-state index < -0.39 is 5.91 Å². The summed E-state index contributed by atoms with van der Waals surface area (Å²) in [5, 5.41) is 0. The molecule has 0 saturated carbocycles. The Labute approximate surface area is 93.2 Å². The van der Waals surface area contributed by atoms with Crippen LogP contribution in [0.5, 0.6) is 0 Å². The monoisotopic (exact) mass is 213 g/mol. The highest BCUT2D eigenvalue weighted by atomic mass is 16.1. The van der Waals surface area contributed by atoms with Crippen molar-refractivity contribution in [3.8, 4) is 0 Å². The zero-order chi connectivity index (χ0) is 11.4. The molecule has 80 valence electrons. The Hall–Kier alpha value is -2.23. The van der Waals surface area contributed by atoms with E-state index >= 15 is 0 Å². The Bertz CT molecular complexity index is 497. The van der Waals surface area contributed by atoms with Gasteiger partial charge in [-0.1, -0.05) is 18.2 Å². The third-order valence-corrected chi connectivity index (χ3v) is 2.27. The van der Waals surface area contributed by atoms with E-state index in [1.807, 2.05) is 12.1 Å². The van der Waals surface area contributed by atoms with Gasteiger partial charge < -0.3 is 5.73 Å². The third kappa shape index (κ3) is 2.23. The topological polar surface area (TPSA) is 68.9 Å². The molecule has 0 atom stereocenters. The largest absolute Gasteiger partial charge is 0.366 e. The summed E-state index contributed by atoms with van der Waals surface area (Å²) in [6, 6.07) is 7.25. The van der Waals surface area contributed by atoms with Crippen LogP contribution in [-0.2, 0) is 6.42 Å². The number of benzene rings is 1. The molecular weight excluding hydrogens is 202 g/mol. The molecule has 0 radical (unpaired) electrons. The highest BCUT2D eigenvalue weighted by Gasteiger charge is 2.07. The van der Waals surface area contributed by atoms with E-state index in [0.717, 1.165) is 11.3 Å². The molecule has 0 bridgehead atoms. The lowest BCUT2D eigenvalue weighted by atomic mass is 10.0. The van der Waals surface area contributed by atoms with Crippen LogP contribution in [0.1, 0.15) is 21.6 Å². The van der Waals surface area contributed by atoms with E-state index in [1.54, 1.807) is 30.7 Å². The molecule has 2 rings (SSSR count). The molecule has 1 amide bonds. The number of nitrogens with zero attached hydrogens (tertiary/aromatic N) is 2. The number of primary amides is 1. The van der Waals surface area contributed by atoms with E-state index in [0.29, 0.717) is 12.0 Å². The molecule has 1 aromatic heterocycles. The number of nitrogens with two attached hydrogens (primary N) is 1. The van der Waals surface area contributed by atoms with Gasteiger partial charge in [0, 0.05) is 30.6 Å². The molecule has 0 fully saturated rings. The predicted octanol–water partition coefficient (Wildman–Crippen LogP) is 1.17. The lowest BCUT2D eigenvalue weighted by Gasteiger charge is -2.05. The van der Waals surface area contributed by atoms with Gasteiger partial charge in [0.05, 0.1) is 5.69 Å². The number of hydrogen-bond acceptors (Lipinski definition) is 3. The van der Waals surface area contributed by atoms with Crippen LogP contribution in [0.4, 0.5) is 0 Å². The molecule has 0 unspecified atom stereocenters. The molecule has 0 saturated heterocycles. The molecule has 0 spiro atoms. The van der Waals surface area contributed by atoms with Crippen LogP contribution in [0.3, 0.4) is 0 Å². The molecule has 2 aromatic rings. The van der Waals surface area contributed by atoms with Crippen LogP contribution in [-0.4, -0.2) is 15.9 Å². The first kappa shape index (κ1) is 10.3.